The molecule has 1 saturated carbocycles. The fourth-order valence-electron chi connectivity index (χ4n) is 2.00. The third kappa shape index (κ3) is 2.69. The largest absolute Gasteiger partial charge is 0.480 e. The molecule has 0 radical (unpaired) electrons. The highest BCUT2D eigenvalue weighted by Gasteiger charge is 2.51. The van der Waals surface area contributed by atoms with Gasteiger partial charge < -0.3 is 15.4 Å². The average Bonchev–Trinajstić information content (AvgIpc) is 2.73. The van der Waals surface area contributed by atoms with Gasteiger partial charge in [0.05, 0.1) is 6.33 Å². The number of carboxylic acid groups (broad SMARTS) is 1. The maximum atomic E-state index is 11.9. The Kier molecular flexibility index (Phi) is 3.11. The molecule has 2 rings (SSSR count). The average molecular weight is 251 g/mol. The van der Waals surface area contributed by atoms with Crippen LogP contribution in [0.4, 0.5) is 0 Å². The Bertz CT molecular complexity index is 453. The second-order valence-corrected chi connectivity index (χ2v) is 5.43. The molecule has 0 aromatic carbocycles. The minimum absolute atomic E-state index is 0.00112. The molecular formula is C12H17N3O3. The highest BCUT2D eigenvalue weighted by Crippen LogP contribution is 2.51. The number of aromatic nitrogens is 2. The fourth-order valence-corrected chi connectivity index (χ4v) is 2.00. The lowest BCUT2D eigenvalue weighted by molar-refractivity contribution is -0.142. The van der Waals surface area contributed by atoms with E-state index in [1.807, 2.05) is 13.8 Å². The van der Waals surface area contributed by atoms with Crippen LogP contribution in [0, 0.1) is 11.3 Å². The van der Waals surface area contributed by atoms with E-state index < -0.39 is 12.0 Å². The summed E-state index contributed by atoms with van der Waals surface area (Å²) < 4.78 is 0. The van der Waals surface area contributed by atoms with Gasteiger partial charge in [-0.15, -0.1) is 0 Å². The van der Waals surface area contributed by atoms with Gasteiger partial charge in [-0.2, -0.15) is 0 Å². The minimum atomic E-state index is -1.03. The van der Waals surface area contributed by atoms with Gasteiger partial charge in [-0.1, -0.05) is 13.8 Å². The predicted octanol–water partition coefficient (Wildman–Crippen LogP) is 0.568. The molecule has 1 aromatic rings. The number of nitrogens with one attached hydrogen (secondary N) is 2. The molecule has 6 nitrogen and oxygen atoms in total. The van der Waals surface area contributed by atoms with E-state index in [0.29, 0.717) is 5.69 Å². The van der Waals surface area contributed by atoms with Gasteiger partial charge in [0, 0.05) is 24.2 Å². The lowest BCUT2D eigenvalue weighted by Gasteiger charge is -2.14. The summed E-state index contributed by atoms with van der Waals surface area (Å²) in [5.41, 5.74) is 0.693. The monoisotopic (exact) mass is 251 g/mol. The number of carbonyl (C=O) groups excluding carboxylic acids is 1. The quantitative estimate of drug-likeness (QED) is 0.713. The van der Waals surface area contributed by atoms with Crippen LogP contribution in [0.2, 0.25) is 0 Å². The molecule has 0 spiro atoms. The summed E-state index contributed by atoms with van der Waals surface area (Å²) in [6.45, 7) is 4.00. The number of hydrogen-bond acceptors (Lipinski definition) is 3. The van der Waals surface area contributed by atoms with Gasteiger partial charge in [0.1, 0.15) is 6.04 Å². The van der Waals surface area contributed by atoms with E-state index in [2.05, 4.69) is 15.3 Å². The lowest BCUT2D eigenvalue weighted by atomic mass is 10.1. The number of aromatic amines is 1. The third-order valence-corrected chi connectivity index (χ3v) is 3.42. The number of H-pyrrole nitrogens is 1. The van der Waals surface area contributed by atoms with Crippen LogP contribution in [0.15, 0.2) is 12.5 Å². The number of carboxylic acids is 1. The SMILES string of the molecule is CC1(C)CC1C(=O)NC(Cc1cnc[nH]1)C(=O)O. The van der Waals surface area contributed by atoms with Crippen molar-refractivity contribution in [2.75, 3.05) is 0 Å². The van der Waals surface area contributed by atoms with Crippen molar-refractivity contribution in [2.24, 2.45) is 11.3 Å². The molecular weight excluding hydrogens is 234 g/mol. The zero-order valence-electron chi connectivity index (χ0n) is 10.4. The van der Waals surface area contributed by atoms with Crippen LogP contribution < -0.4 is 5.32 Å². The summed E-state index contributed by atoms with van der Waals surface area (Å²) in [6.07, 6.45) is 4.08. The summed E-state index contributed by atoms with van der Waals surface area (Å²) in [4.78, 5) is 29.6. The summed E-state index contributed by atoms with van der Waals surface area (Å²) in [5, 5.41) is 11.7. The summed E-state index contributed by atoms with van der Waals surface area (Å²) in [7, 11) is 0. The molecule has 2 unspecified atom stereocenters. The molecule has 1 amide bonds. The number of hydrogen-bond donors (Lipinski definition) is 3. The Morgan fingerprint density at radius 2 is 2.33 bits per heavy atom. The van der Waals surface area contributed by atoms with Crippen molar-refractivity contribution in [2.45, 2.75) is 32.7 Å². The second-order valence-electron chi connectivity index (χ2n) is 5.43. The zero-order chi connectivity index (χ0) is 13.3. The van der Waals surface area contributed by atoms with Crippen LogP contribution >= 0.6 is 0 Å². The van der Waals surface area contributed by atoms with Crippen molar-refractivity contribution >= 4 is 11.9 Å². The van der Waals surface area contributed by atoms with E-state index in [-0.39, 0.29) is 23.7 Å². The van der Waals surface area contributed by atoms with Gasteiger partial charge in [0.15, 0.2) is 0 Å². The fraction of sp³-hybridized carbons (Fsp3) is 0.583. The van der Waals surface area contributed by atoms with E-state index >= 15 is 0 Å². The standard InChI is InChI=1S/C12H17N3O3/c1-12(2)4-8(12)10(16)15-9(11(17)18)3-7-5-13-6-14-7/h5-6,8-9H,3-4H2,1-2H3,(H,13,14)(H,15,16)(H,17,18). The summed E-state index contributed by atoms with van der Waals surface area (Å²) >= 11 is 0. The molecule has 1 heterocycles. The smallest absolute Gasteiger partial charge is 0.326 e. The first-order valence-electron chi connectivity index (χ1n) is 5.90. The Hall–Kier alpha value is -1.85. The van der Waals surface area contributed by atoms with Crippen LogP contribution in [0.25, 0.3) is 0 Å². The van der Waals surface area contributed by atoms with Gasteiger partial charge in [-0.05, 0) is 11.8 Å². The highest BCUT2D eigenvalue weighted by molar-refractivity contribution is 5.87. The summed E-state index contributed by atoms with van der Waals surface area (Å²) in [6, 6.07) is -0.908. The number of carbonyl (C=O) groups is 2. The number of imidazole rings is 1. The van der Waals surface area contributed by atoms with Crippen LogP contribution in [0.1, 0.15) is 26.0 Å². The van der Waals surface area contributed by atoms with E-state index in [9.17, 15) is 9.59 Å². The Morgan fingerprint density at radius 1 is 1.67 bits per heavy atom. The van der Waals surface area contributed by atoms with Crippen molar-refractivity contribution in [3.05, 3.63) is 18.2 Å². The van der Waals surface area contributed by atoms with Crippen molar-refractivity contribution in [1.29, 1.82) is 0 Å². The van der Waals surface area contributed by atoms with E-state index in [1.54, 1.807) is 6.20 Å². The molecule has 1 aromatic heterocycles. The van der Waals surface area contributed by atoms with Gasteiger partial charge in [0.25, 0.3) is 0 Å². The zero-order valence-corrected chi connectivity index (χ0v) is 10.4. The normalized spacial score (nSPS) is 22.2. The van der Waals surface area contributed by atoms with Crippen molar-refractivity contribution in [3.8, 4) is 0 Å². The molecule has 6 heteroatoms. The van der Waals surface area contributed by atoms with Gasteiger partial charge in [-0.3, -0.25) is 4.79 Å². The maximum absolute atomic E-state index is 11.9. The number of nitrogens with zero attached hydrogens (tertiary/aromatic N) is 1. The maximum Gasteiger partial charge on any atom is 0.326 e. The van der Waals surface area contributed by atoms with Crippen molar-refractivity contribution in [1.82, 2.24) is 15.3 Å². The van der Waals surface area contributed by atoms with Crippen LogP contribution in [0.3, 0.4) is 0 Å². The first kappa shape index (κ1) is 12.6. The topological polar surface area (TPSA) is 95.1 Å². The van der Waals surface area contributed by atoms with Crippen LogP contribution in [-0.4, -0.2) is 33.0 Å². The molecule has 18 heavy (non-hydrogen) atoms. The van der Waals surface area contributed by atoms with Crippen LogP contribution in [-0.2, 0) is 16.0 Å². The number of rotatable bonds is 5. The van der Waals surface area contributed by atoms with E-state index in [4.69, 9.17) is 5.11 Å². The molecule has 2 atom stereocenters. The minimum Gasteiger partial charge on any atom is -0.480 e. The first-order valence-corrected chi connectivity index (χ1v) is 5.90. The Balaban J connectivity index is 1.95. The van der Waals surface area contributed by atoms with Gasteiger partial charge in [0.2, 0.25) is 5.91 Å². The van der Waals surface area contributed by atoms with E-state index in [0.717, 1.165) is 6.42 Å². The molecule has 0 bridgehead atoms. The molecule has 98 valence electrons. The molecule has 0 aliphatic heterocycles. The molecule has 0 saturated heterocycles. The number of amides is 1. The lowest BCUT2D eigenvalue weighted by Crippen LogP contribution is -2.43. The van der Waals surface area contributed by atoms with Crippen LogP contribution in [0.5, 0.6) is 0 Å². The molecule has 1 fully saturated rings. The molecule has 1 aliphatic carbocycles. The Labute approximate surface area is 105 Å². The second kappa shape index (κ2) is 4.44. The summed E-state index contributed by atoms with van der Waals surface area (Å²) in [5.74, 6) is -1.27. The van der Waals surface area contributed by atoms with Crippen molar-refractivity contribution < 1.29 is 14.7 Å². The first-order chi connectivity index (χ1) is 8.40. The van der Waals surface area contributed by atoms with Crippen molar-refractivity contribution in [3.63, 3.8) is 0 Å². The molecule has 3 N–H and O–H groups in total. The third-order valence-electron chi connectivity index (χ3n) is 3.42. The Morgan fingerprint density at radius 3 is 2.78 bits per heavy atom. The number of aliphatic carboxylic acids is 1. The highest BCUT2D eigenvalue weighted by atomic mass is 16.4. The molecule has 1 aliphatic rings. The van der Waals surface area contributed by atoms with E-state index in [1.165, 1.54) is 6.33 Å². The van der Waals surface area contributed by atoms with Gasteiger partial charge >= 0.3 is 5.97 Å². The van der Waals surface area contributed by atoms with Gasteiger partial charge in [-0.25, -0.2) is 9.78 Å². The predicted molar refractivity (Wildman–Crippen MR) is 63.7 cm³/mol.